The molecule has 0 bridgehead atoms. The molecule has 21 heavy (non-hydrogen) atoms. The normalized spacial score (nSPS) is 15.9. The predicted octanol–water partition coefficient (Wildman–Crippen LogP) is 3.49. The van der Waals surface area contributed by atoms with Crippen molar-refractivity contribution in [2.75, 3.05) is 5.43 Å². The second kappa shape index (κ2) is 5.95. The number of rotatable bonds is 4. The molecular weight excluding hydrogens is 280 g/mol. The van der Waals surface area contributed by atoms with Gasteiger partial charge >= 0.3 is 0 Å². The van der Waals surface area contributed by atoms with Gasteiger partial charge in [0.25, 0.3) is 0 Å². The van der Waals surface area contributed by atoms with Crippen molar-refractivity contribution in [1.29, 1.82) is 0 Å². The number of nitrogens with one attached hydrogen (secondary N) is 1. The van der Waals surface area contributed by atoms with E-state index >= 15 is 0 Å². The molecule has 0 radical (unpaired) electrons. The number of nitrogens with zero attached hydrogens (tertiary/aromatic N) is 2. The summed E-state index contributed by atoms with van der Waals surface area (Å²) in [5.74, 6) is 0. The van der Waals surface area contributed by atoms with Crippen LogP contribution < -0.4 is 11.2 Å². The molecule has 5 heteroatoms. The van der Waals surface area contributed by atoms with E-state index in [1.165, 1.54) is 47.3 Å². The minimum atomic E-state index is -0.0430. The molecule has 0 amide bonds. The van der Waals surface area contributed by atoms with Crippen molar-refractivity contribution < 1.29 is 0 Å². The molecule has 3 rings (SSSR count). The van der Waals surface area contributed by atoms with Crippen molar-refractivity contribution in [2.45, 2.75) is 39.2 Å². The summed E-state index contributed by atoms with van der Waals surface area (Å²) in [5, 5.41) is 7.18. The number of benzene rings is 1. The monoisotopic (exact) mass is 300 g/mol. The van der Waals surface area contributed by atoms with Gasteiger partial charge in [-0.1, -0.05) is 12.1 Å². The first-order valence-electron chi connectivity index (χ1n) is 7.27. The number of hydrogen-bond donors (Lipinski definition) is 2. The highest BCUT2D eigenvalue weighted by Crippen LogP contribution is 2.23. The van der Waals surface area contributed by atoms with Gasteiger partial charge in [0.1, 0.15) is 0 Å². The Bertz CT molecular complexity index is 673. The van der Waals surface area contributed by atoms with Crippen LogP contribution in [-0.4, -0.2) is 10.7 Å². The van der Waals surface area contributed by atoms with Gasteiger partial charge in [-0.3, -0.25) is 5.43 Å². The lowest BCUT2D eigenvalue weighted by Gasteiger charge is -2.05. The van der Waals surface area contributed by atoms with E-state index in [9.17, 15) is 0 Å². The molecule has 1 aromatic heterocycles. The number of anilines is 1. The van der Waals surface area contributed by atoms with Crippen molar-refractivity contribution in [3.63, 3.8) is 0 Å². The number of nitrogens with two attached hydrogens (primary N) is 1. The Morgan fingerprint density at radius 1 is 1.38 bits per heavy atom. The summed E-state index contributed by atoms with van der Waals surface area (Å²) in [4.78, 5) is 4.41. The van der Waals surface area contributed by atoms with Crippen LogP contribution in [0.15, 0.2) is 28.7 Å². The van der Waals surface area contributed by atoms with Crippen molar-refractivity contribution in [2.24, 2.45) is 10.8 Å². The first-order chi connectivity index (χ1) is 10.1. The average molecular weight is 300 g/mol. The number of hydrazone groups is 1. The van der Waals surface area contributed by atoms with Crippen LogP contribution in [0, 0.1) is 0 Å². The minimum absolute atomic E-state index is 0.0430. The quantitative estimate of drug-likeness (QED) is 0.671. The summed E-state index contributed by atoms with van der Waals surface area (Å²) in [6.07, 6.45) is 3.67. The minimum Gasteiger partial charge on any atom is -0.323 e. The van der Waals surface area contributed by atoms with Crippen molar-refractivity contribution in [3.8, 4) is 0 Å². The molecule has 0 spiro atoms. The molecule has 1 aromatic carbocycles. The fraction of sp³-hybridized carbons (Fsp3) is 0.375. The molecule has 2 aromatic rings. The molecule has 1 aliphatic rings. The van der Waals surface area contributed by atoms with Crippen molar-refractivity contribution in [1.82, 2.24) is 4.98 Å². The summed E-state index contributed by atoms with van der Waals surface area (Å²) < 4.78 is 0. The summed E-state index contributed by atoms with van der Waals surface area (Å²) in [7, 11) is 0. The Hall–Kier alpha value is -1.72. The van der Waals surface area contributed by atoms with Crippen LogP contribution in [-0.2, 0) is 12.8 Å². The Kier molecular flexibility index (Phi) is 4.03. The van der Waals surface area contributed by atoms with Crippen LogP contribution >= 0.6 is 11.3 Å². The van der Waals surface area contributed by atoms with E-state index in [2.05, 4.69) is 33.7 Å². The van der Waals surface area contributed by atoms with E-state index in [0.29, 0.717) is 0 Å². The number of fused-ring (bicyclic) bond motifs is 1. The number of aromatic nitrogens is 1. The van der Waals surface area contributed by atoms with Gasteiger partial charge in [0.15, 0.2) is 0 Å². The lowest BCUT2D eigenvalue weighted by Crippen LogP contribution is -2.05. The van der Waals surface area contributed by atoms with Gasteiger partial charge in [-0.15, -0.1) is 11.3 Å². The largest absolute Gasteiger partial charge is 0.323 e. The molecule has 1 atom stereocenters. The molecule has 4 nitrogen and oxygen atoms in total. The number of thiazole rings is 1. The fourth-order valence-electron chi connectivity index (χ4n) is 2.54. The maximum atomic E-state index is 5.81. The van der Waals surface area contributed by atoms with Crippen LogP contribution in [0.2, 0.25) is 0 Å². The summed E-state index contributed by atoms with van der Waals surface area (Å²) in [6, 6.07) is 6.60. The molecule has 0 fully saturated rings. The van der Waals surface area contributed by atoms with Crippen molar-refractivity contribution in [3.05, 3.63) is 46.0 Å². The van der Waals surface area contributed by atoms with Crippen LogP contribution in [0.4, 0.5) is 5.13 Å². The zero-order chi connectivity index (χ0) is 14.8. The molecule has 1 aliphatic carbocycles. The topological polar surface area (TPSA) is 63.3 Å². The van der Waals surface area contributed by atoms with E-state index in [1.807, 2.05) is 19.2 Å². The van der Waals surface area contributed by atoms with Gasteiger partial charge in [-0.05, 0) is 55.9 Å². The van der Waals surface area contributed by atoms with E-state index in [0.717, 1.165) is 16.5 Å². The van der Waals surface area contributed by atoms with Gasteiger partial charge in [0, 0.05) is 11.4 Å². The lowest BCUT2D eigenvalue weighted by molar-refractivity contribution is 0.790. The maximum absolute atomic E-state index is 5.81. The molecule has 110 valence electrons. The Morgan fingerprint density at radius 2 is 2.19 bits per heavy atom. The van der Waals surface area contributed by atoms with Crippen LogP contribution in [0.1, 0.15) is 48.7 Å². The third kappa shape index (κ3) is 3.14. The first-order valence-corrected chi connectivity index (χ1v) is 8.15. The molecule has 0 aliphatic heterocycles. The van der Waals surface area contributed by atoms with E-state index < -0.39 is 0 Å². The summed E-state index contributed by atoms with van der Waals surface area (Å²) in [6.45, 7) is 3.95. The highest BCUT2D eigenvalue weighted by atomic mass is 32.1. The van der Waals surface area contributed by atoms with Crippen molar-refractivity contribution >= 4 is 22.2 Å². The van der Waals surface area contributed by atoms with Gasteiger partial charge in [0.05, 0.1) is 11.4 Å². The standard InChI is InChI=1S/C16H20N4S/c1-10(17)15-9-21-16(18-15)20-19-11(2)13-7-6-12-4-3-5-14(12)8-13/h6-10H,3-5,17H2,1-2H3,(H,18,20)/b19-11+/t10-/m0/s1. The van der Waals surface area contributed by atoms with Gasteiger partial charge in [-0.2, -0.15) is 5.10 Å². The first kappa shape index (κ1) is 14.2. The number of aryl methyl sites for hydroxylation is 2. The highest BCUT2D eigenvalue weighted by Gasteiger charge is 2.11. The lowest BCUT2D eigenvalue weighted by atomic mass is 10.0. The second-order valence-corrected chi connectivity index (χ2v) is 6.37. The maximum Gasteiger partial charge on any atom is 0.203 e. The third-order valence-electron chi connectivity index (χ3n) is 3.82. The molecule has 0 saturated carbocycles. The third-order valence-corrected chi connectivity index (χ3v) is 4.59. The average Bonchev–Trinajstić information content (AvgIpc) is 3.12. The molecule has 3 N–H and O–H groups in total. The predicted molar refractivity (Wildman–Crippen MR) is 89.0 cm³/mol. The Labute approximate surface area is 129 Å². The van der Waals surface area contributed by atoms with Gasteiger partial charge in [-0.25, -0.2) is 4.98 Å². The Morgan fingerprint density at radius 3 is 2.95 bits per heavy atom. The van der Waals surface area contributed by atoms with Crippen LogP contribution in [0.5, 0.6) is 0 Å². The molecule has 0 unspecified atom stereocenters. The van der Waals surface area contributed by atoms with E-state index in [-0.39, 0.29) is 6.04 Å². The van der Waals surface area contributed by atoms with Gasteiger partial charge in [0.2, 0.25) is 5.13 Å². The fourth-order valence-corrected chi connectivity index (χ4v) is 3.30. The Balaban J connectivity index is 1.73. The van der Waals surface area contributed by atoms with E-state index in [1.54, 1.807) is 0 Å². The second-order valence-electron chi connectivity index (χ2n) is 5.51. The van der Waals surface area contributed by atoms with Gasteiger partial charge < -0.3 is 5.73 Å². The zero-order valence-corrected chi connectivity index (χ0v) is 13.2. The number of hydrogen-bond acceptors (Lipinski definition) is 5. The molecule has 1 heterocycles. The summed E-state index contributed by atoms with van der Waals surface area (Å²) >= 11 is 1.53. The van der Waals surface area contributed by atoms with Crippen LogP contribution in [0.3, 0.4) is 0 Å². The highest BCUT2D eigenvalue weighted by molar-refractivity contribution is 7.13. The zero-order valence-electron chi connectivity index (χ0n) is 12.4. The van der Waals surface area contributed by atoms with E-state index in [4.69, 9.17) is 5.73 Å². The smallest absolute Gasteiger partial charge is 0.203 e. The molecular formula is C16H20N4S. The summed E-state index contributed by atoms with van der Waals surface area (Å²) in [5.41, 5.74) is 14.8. The SMILES string of the molecule is C/C(=N\Nc1nc([C@H](C)N)cs1)c1ccc2c(c1)CCC2. The van der Waals surface area contributed by atoms with Crippen LogP contribution in [0.25, 0.3) is 0 Å². The molecule has 0 saturated heterocycles.